The van der Waals surface area contributed by atoms with Crippen molar-refractivity contribution in [3.8, 4) is 0 Å². The minimum atomic E-state index is -2.07. The van der Waals surface area contributed by atoms with Crippen LogP contribution in [-0.4, -0.2) is 136 Å². The first-order valence-electron chi connectivity index (χ1n) is 22.5. The highest BCUT2D eigenvalue weighted by Gasteiger charge is 2.42. The topological polar surface area (TPSA) is 337 Å². The first-order chi connectivity index (χ1) is 30.8. The molecule has 0 aliphatic rings. The number of aliphatic hydroxyl groups excluding tert-OH is 2. The number of nitrogens with two attached hydrogens (primary N) is 1. The number of aliphatic carboxylic acids is 1. The lowest BCUT2D eigenvalue weighted by Crippen LogP contribution is -2.66. The monoisotopic (exact) mass is 934 g/mol. The fourth-order valence-corrected chi connectivity index (χ4v) is 6.75. The van der Waals surface area contributed by atoms with Gasteiger partial charge in [0.25, 0.3) is 0 Å². The average Bonchev–Trinajstić information content (AvgIpc) is 3.23. The van der Waals surface area contributed by atoms with Crippen LogP contribution in [-0.2, 0) is 49.6 Å². The van der Waals surface area contributed by atoms with Crippen molar-refractivity contribution < 1.29 is 58.5 Å². The molecule has 66 heavy (non-hydrogen) atoms. The second kappa shape index (κ2) is 28.4. The zero-order valence-corrected chi connectivity index (χ0v) is 40.0. The van der Waals surface area contributed by atoms with E-state index in [1.165, 1.54) is 13.8 Å². The molecule has 0 saturated heterocycles. The summed E-state index contributed by atoms with van der Waals surface area (Å²) in [6.07, 6.45) is -1.03. The lowest BCUT2D eigenvalue weighted by atomic mass is 9.89. The van der Waals surface area contributed by atoms with Crippen LogP contribution in [0.15, 0.2) is 30.3 Å². The minimum Gasteiger partial charge on any atom is -0.480 e. The van der Waals surface area contributed by atoms with Crippen LogP contribution in [0.5, 0.6) is 0 Å². The minimum absolute atomic E-state index is 0.0112. The first-order valence-corrected chi connectivity index (χ1v) is 22.5. The molecule has 0 aliphatic carbocycles. The number of carbonyl (C=O) groups is 9. The van der Waals surface area contributed by atoms with E-state index in [4.69, 9.17) is 5.73 Å². The van der Waals surface area contributed by atoms with E-state index in [-0.39, 0.29) is 44.1 Å². The van der Waals surface area contributed by atoms with Crippen molar-refractivity contribution in [2.24, 2.45) is 29.4 Å². The van der Waals surface area contributed by atoms with Crippen LogP contribution < -0.4 is 48.3 Å². The maximum absolute atomic E-state index is 14.0. The van der Waals surface area contributed by atoms with Crippen LogP contribution in [0.25, 0.3) is 0 Å². The summed E-state index contributed by atoms with van der Waals surface area (Å²) in [7, 11) is 0. The smallest absolute Gasteiger partial charge is 0.326 e. The SMILES string of the molecule is CC[C@@H](C)[C@@H](NC(=O)CNC(=O)[C@@](CO)(Cc1ccccc1)NC(=O)[C@H](C)NC(=O)[C@H](CC(C)C)NC(=O)CCN)C(=O)N[C@@H](CC(C)C)C(=O)N[C@H](C(=O)N[C@H](C(=O)O)C(C)C)[C@@H](C)O. The highest BCUT2D eigenvalue weighted by atomic mass is 16.4. The van der Waals surface area contributed by atoms with Gasteiger partial charge in [0.05, 0.1) is 19.3 Å². The molecule has 0 bridgehead atoms. The van der Waals surface area contributed by atoms with Crippen LogP contribution >= 0.6 is 0 Å². The molecular weight excluding hydrogens is 859 g/mol. The van der Waals surface area contributed by atoms with Crippen molar-refractivity contribution in [2.45, 2.75) is 149 Å². The summed E-state index contributed by atoms with van der Waals surface area (Å²) < 4.78 is 0. The maximum atomic E-state index is 14.0. The number of hydrogen-bond donors (Lipinski definition) is 12. The molecule has 0 fully saturated rings. The average molecular weight is 934 g/mol. The molecule has 8 amide bonds. The molecule has 0 unspecified atom stereocenters. The highest BCUT2D eigenvalue weighted by Crippen LogP contribution is 2.16. The van der Waals surface area contributed by atoms with Gasteiger partial charge in [-0.05, 0) is 55.9 Å². The summed E-state index contributed by atoms with van der Waals surface area (Å²) in [4.78, 5) is 119. The third-order valence-electron chi connectivity index (χ3n) is 10.8. The molecule has 0 radical (unpaired) electrons. The van der Waals surface area contributed by atoms with E-state index in [1.807, 2.05) is 13.8 Å². The molecule has 0 spiro atoms. The fourth-order valence-electron chi connectivity index (χ4n) is 6.75. The van der Waals surface area contributed by atoms with Crippen molar-refractivity contribution in [2.75, 3.05) is 19.7 Å². The van der Waals surface area contributed by atoms with E-state index in [1.54, 1.807) is 71.9 Å². The Kier molecular flexibility index (Phi) is 25.1. The summed E-state index contributed by atoms with van der Waals surface area (Å²) in [5.74, 6) is -8.90. The Morgan fingerprint density at radius 1 is 0.652 bits per heavy atom. The van der Waals surface area contributed by atoms with E-state index < -0.39 is 126 Å². The Balaban J connectivity index is 3.31. The fraction of sp³-hybridized carbons (Fsp3) is 0.667. The van der Waals surface area contributed by atoms with Crippen LogP contribution in [0, 0.1) is 23.7 Å². The second-order valence-corrected chi connectivity index (χ2v) is 18.0. The number of carboxylic acid groups (broad SMARTS) is 1. The van der Waals surface area contributed by atoms with Crippen LogP contribution in [0.3, 0.4) is 0 Å². The third kappa shape index (κ3) is 19.4. The van der Waals surface area contributed by atoms with Gasteiger partial charge in [-0.1, -0.05) is 92.1 Å². The summed E-state index contributed by atoms with van der Waals surface area (Å²) in [5, 5.41) is 50.9. The molecule has 0 heterocycles. The van der Waals surface area contributed by atoms with E-state index in [2.05, 4.69) is 42.5 Å². The van der Waals surface area contributed by atoms with Gasteiger partial charge in [-0.3, -0.25) is 38.4 Å². The van der Waals surface area contributed by atoms with Crippen molar-refractivity contribution in [3.63, 3.8) is 0 Å². The first kappa shape index (κ1) is 58.3. The molecule has 21 heteroatoms. The number of carbonyl (C=O) groups excluding carboxylic acids is 8. The van der Waals surface area contributed by atoms with Gasteiger partial charge < -0.3 is 63.6 Å². The van der Waals surface area contributed by atoms with Gasteiger partial charge in [-0.15, -0.1) is 0 Å². The molecule has 9 atom stereocenters. The van der Waals surface area contributed by atoms with Gasteiger partial charge >= 0.3 is 5.97 Å². The Morgan fingerprint density at radius 3 is 1.67 bits per heavy atom. The summed E-state index contributed by atoms with van der Waals surface area (Å²) in [6.45, 7) is 14.8. The van der Waals surface area contributed by atoms with Gasteiger partial charge in [0, 0.05) is 19.4 Å². The number of amides is 8. The van der Waals surface area contributed by atoms with Crippen molar-refractivity contribution in [1.82, 2.24) is 42.5 Å². The molecular formula is C45H75N9O12. The molecule has 372 valence electrons. The van der Waals surface area contributed by atoms with E-state index in [0.717, 1.165) is 0 Å². The van der Waals surface area contributed by atoms with Crippen LogP contribution in [0.4, 0.5) is 0 Å². The Morgan fingerprint density at radius 2 is 1.18 bits per heavy atom. The van der Waals surface area contributed by atoms with Crippen LogP contribution in [0.2, 0.25) is 0 Å². The third-order valence-corrected chi connectivity index (χ3v) is 10.8. The molecule has 0 saturated carbocycles. The lowest BCUT2D eigenvalue weighted by molar-refractivity contribution is -0.144. The molecule has 1 aromatic rings. The predicted octanol–water partition coefficient (Wildman–Crippen LogP) is -1.27. The lowest BCUT2D eigenvalue weighted by Gasteiger charge is -2.33. The van der Waals surface area contributed by atoms with E-state index >= 15 is 0 Å². The number of rotatable bonds is 29. The van der Waals surface area contributed by atoms with Crippen LogP contribution in [0.1, 0.15) is 100 Å². The Bertz CT molecular complexity index is 1800. The maximum Gasteiger partial charge on any atom is 0.326 e. The van der Waals surface area contributed by atoms with Gasteiger partial charge in [0.2, 0.25) is 47.3 Å². The molecule has 0 aliphatic heterocycles. The number of nitrogens with one attached hydrogen (secondary N) is 8. The predicted molar refractivity (Wildman–Crippen MR) is 245 cm³/mol. The van der Waals surface area contributed by atoms with Gasteiger partial charge in [-0.25, -0.2) is 4.79 Å². The molecule has 1 aromatic carbocycles. The second-order valence-electron chi connectivity index (χ2n) is 18.0. The Hall–Kier alpha value is -5.67. The molecule has 13 N–H and O–H groups in total. The summed E-state index contributed by atoms with van der Waals surface area (Å²) >= 11 is 0. The van der Waals surface area contributed by atoms with Gasteiger partial charge in [-0.2, -0.15) is 0 Å². The largest absolute Gasteiger partial charge is 0.480 e. The summed E-state index contributed by atoms with van der Waals surface area (Å²) in [5.41, 5.74) is 3.94. The molecule has 0 aromatic heterocycles. The van der Waals surface area contributed by atoms with E-state index in [0.29, 0.717) is 12.0 Å². The normalized spacial score (nSPS) is 15.9. The molecule has 1 rings (SSSR count). The molecule has 21 nitrogen and oxygen atoms in total. The quantitative estimate of drug-likeness (QED) is 0.0447. The zero-order valence-electron chi connectivity index (χ0n) is 40.0. The Labute approximate surface area is 387 Å². The number of benzene rings is 1. The van der Waals surface area contributed by atoms with E-state index in [9.17, 15) is 58.5 Å². The van der Waals surface area contributed by atoms with Gasteiger partial charge in [0.1, 0.15) is 41.8 Å². The van der Waals surface area contributed by atoms with Crippen molar-refractivity contribution >= 4 is 53.2 Å². The zero-order chi connectivity index (χ0) is 50.5. The highest BCUT2D eigenvalue weighted by molar-refractivity contribution is 5.98. The standard InChI is InChI=1S/C45H75N9O12/c1-11-27(8)36(41(62)50-32(20-25(4)5)40(61)53-37(29(10)56)42(63)52-35(26(6)7)43(64)65)51-34(58)22-47-44(66)45(23-55,21-30-15-13-12-14-16-30)54-38(59)28(9)48-39(60)31(19-24(2)3)49-33(57)17-18-46/h12-16,24-29,31-32,35-37,55-56H,11,17-23,46H2,1-10H3,(H,47,66)(H,48,60)(H,49,57)(H,50,62)(H,51,58)(H,52,63)(H,53,61)(H,54,59)(H,64,65)/t27-,28+,29-,31+,32+,35+,36-,37+,45+/m1/s1. The summed E-state index contributed by atoms with van der Waals surface area (Å²) in [6, 6.07) is 0.735. The van der Waals surface area contributed by atoms with Gasteiger partial charge in [0.15, 0.2) is 0 Å². The number of hydrogen-bond acceptors (Lipinski definition) is 12. The number of carboxylic acids is 1. The van der Waals surface area contributed by atoms with Crippen molar-refractivity contribution in [3.05, 3.63) is 35.9 Å². The number of aliphatic hydroxyl groups is 2. The van der Waals surface area contributed by atoms with Crippen molar-refractivity contribution in [1.29, 1.82) is 0 Å².